The lowest BCUT2D eigenvalue weighted by Gasteiger charge is -2.14. The highest BCUT2D eigenvalue weighted by Gasteiger charge is 2.25. The van der Waals surface area contributed by atoms with Crippen molar-refractivity contribution in [2.45, 2.75) is 26.3 Å². The Bertz CT molecular complexity index is 625. The van der Waals surface area contributed by atoms with Gasteiger partial charge in [-0.1, -0.05) is 13.0 Å². The van der Waals surface area contributed by atoms with Gasteiger partial charge in [-0.3, -0.25) is 4.57 Å². The molecule has 96 valence electrons. The summed E-state index contributed by atoms with van der Waals surface area (Å²) in [6.07, 6.45) is 1.06. The van der Waals surface area contributed by atoms with Crippen LogP contribution >= 0.6 is 0 Å². The molecule has 1 atom stereocenters. The first-order valence-electron chi connectivity index (χ1n) is 6.62. The molecule has 0 radical (unpaired) electrons. The fourth-order valence-electron chi connectivity index (χ4n) is 2.90. The summed E-state index contributed by atoms with van der Waals surface area (Å²) >= 11 is 0. The number of imidazole rings is 1. The predicted octanol–water partition coefficient (Wildman–Crippen LogP) is 1.90. The molecule has 2 heterocycles. The number of H-pyrrole nitrogens is 1. The van der Waals surface area contributed by atoms with Crippen molar-refractivity contribution in [3.05, 3.63) is 34.2 Å². The number of likely N-dealkylation sites (N-methyl/N-ethyl adjacent to an activating group) is 1. The Hall–Kier alpha value is -1.55. The summed E-state index contributed by atoms with van der Waals surface area (Å²) in [5.74, 6) is 0. The van der Waals surface area contributed by atoms with Gasteiger partial charge in [-0.2, -0.15) is 0 Å². The summed E-state index contributed by atoms with van der Waals surface area (Å²) in [5.41, 5.74) is 3.21. The van der Waals surface area contributed by atoms with Gasteiger partial charge in [0, 0.05) is 13.1 Å². The zero-order valence-corrected chi connectivity index (χ0v) is 10.9. The maximum absolute atomic E-state index is 12.1. The quantitative estimate of drug-likeness (QED) is 0.878. The first-order chi connectivity index (χ1) is 8.69. The largest absolute Gasteiger partial charge is 0.326 e. The first-order valence-corrected chi connectivity index (χ1v) is 6.62. The molecule has 0 aliphatic carbocycles. The van der Waals surface area contributed by atoms with Crippen molar-refractivity contribution in [2.24, 2.45) is 0 Å². The SMILES string of the molecule is CCN1CCC(n2c(=O)[nH]c3ccc(C)cc32)C1. The molecular formula is C14H19N3O. The molecule has 1 fully saturated rings. The van der Waals surface area contributed by atoms with Gasteiger partial charge in [-0.25, -0.2) is 4.79 Å². The van der Waals surface area contributed by atoms with Crippen LogP contribution in [0.2, 0.25) is 0 Å². The molecule has 0 saturated carbocycles. The Kier molecular flexibility index (Phi) is 2.74. The zero-order chi connectivity index (χ0) is 12.7. The monoisotopic (exact) mass is 245 g/mol. The average molecular weight is 245 g/mol. The van der Waals surface area contributed by atoms with Gasteiger partial charge in [0.15, 0.2) is 0 Å². The van der Waals surface area contributed by atoms with E-state index in [4.69, 9.17) is 0 Å². The number of rotatable bonds is 2. The molecule has 0 bridgehead atoms. The van der Waals surface area contributed by atoms with Crippen LogP contribution in [0.3, 0.4) is 0 Å². The van der Waals surface area contributed by atoms with Crippen molar-refractivity contribution in [1.29, 1.82) is 0 Å². The lowest BCUT2D eigenvalue weighted by Crippen LogP contribution is -2.26. The Labute approximate surface area is 106 Å². The molecule has 1 aliphatic heterocycles. The molecule has 18 heavy (non-hydrogen) atoms. The van der Waals surface area contributed by atoms with Crippen LogP contribution in [0.4, 0.5) is 0 Å². The average Bonchev–Trinajstić information content (AvgIpc) is 2.92. The number of nitrogens with zero attached hydrogens (tertiary/aromatic N) is 2. The van der Waals surface area contributed by atoms with Gasteiger partial charge < -0.3 is 9.88 Å². The Balaban J connectivity index is 2.08. The molecule has 1 N–H and O–H groups in total. The number of aromatic amines is 1. The van der Waals surface area contributed by atoms with Crippen molar-refractivity contribution in [1.82, 2.24) is 14.5 Å². The van der Waals surface area contributed by atoms with Gasteiger partial charge >= 0.3 is 5.69 Å². The van der Waals surface area contributed by atoms with Crippen molar-refractivity contribution in [2.75, 3.05) is 19.6 Å². The minimum Gasteiger partial charge on any atom is -0.306 e. The lowest BCUT2D eigenvalue weighted by atomic mass is 10.2. The standard InChI is InChI=1S/C14H19N3O/c1-3-16-7-6-11(9-16)17-13-8-10(2)4-5-12(13)15-14(17)18/h4-5,8,11H,3,6-7,9H2,1-2H3,(H,15,18). The number of hydrogen-bond donors (Lipinski definition) is 1. The second kappa shape index (κ2) is 4.28. The van der Waals surface area contributed by atoms with E-state index in [-0.39, 0.29) is 5.69 Å². The summed E-state index contributed by atoms with van der Waals surface area (Å²) in [7, 11) is 0. The maximum atomic E-state index is 12.1. The topological polar surface area (TPSA) is 41.0 Å². The number of aryl methyl sites for hydroxylation is 1. The highest BCUT2D eigenvalue weighted by Crippen LogP contribution is 2.24. The molecule has 3 rings (SSSR count). The third-order valence-electron chi connectivity index (χ3n) is 3.93. The summed E-state index contributed by atoms with van der Waals surface area (Å²) in [6.45, 7) is 7.37. The second-order valence-corrected chi connectivity index (χ2v) is 5.16. The molecule has 2 aromatic rings. The predicted molar refractivity (Wildman–Crippen MR) is 73.1 cm³/mol. The molecule has 4 heteroatoms. The molecule has 1 aromatic carbocycles. The van der Waals surface area contributed by atoms with Gasteiger partial charge in [0.1, 0.15) is 0 Å². The van der Waals surface area contributed by atoms with Crippen LogP contribution in [0, 0.1) is 6.92 Å². The van der Waals surface area contributed by atoms with E-state index in [1.807, 2.05) is 16.7 Å². The van der Waals surface area contributed by atoms with Gasteiger partial charge in [-0.05, 0) is 37.6 Å². The van der Waals surface area contributed by atoms with E-state index < -0.39 is 0 Å². The van der Waals surface area contributed by atoms with Crippen molar-refractivity contribution in [3.63, 3.8) is 0 Å². The van der Waals surface area contributed by atoms with Crippen molar-refractivity contribution < 1.29 is 0 Å². The van der Waals surface area contributed by atoms with E-state index in [2.05, 4.69) is 29.8 Å². The van der Waals surface area contributed by atoms with Crippen LogP contribution in [-0.4, -0.2) is 34.1 Å². The first kappa shape index (κ1) is 11.5. The van der Waals surface area contributed by atoms with Crippen LogP contribution < -0.4 is 5.69 Å². The molecule has 1 unspecified atom stereocenters. The van der Waals surface area contributed by atoms with Crippen LogP contribution in [0.15, 0.2) is 23.0 Å². The van der Waals surface area contributed by atoms with E-state index in [1.54, 1.807) is 0 Å². The second-order valence-electron chi connectivity index (χ2n) is 5.16. The van der Waals surface area contributed by atoms with Gasteiger partial charge in [-0.15, -0.1) is 0 Å². The van der Waals surface area contributed by atoms with Crippen LogP contribution in [0.5, 0.6) is 0 Å². The fraction of sp³-hybridized carbons (Fsp3) is 0.500. The van der Waals surface area contributed by atoms with E-state index in [0.29, 0.717) is 6.04 Å². The Morgan fingerprint density at radius 1 is 1.44 bits per heavy atom. The van der Waals surface area contributed by atoms with E-state index in [1.165, 1.54) is 5.56 Å². The van der Waals surface area contributed by atoms with Crippen LogP contribution in [-0.2, 0) is 0 Å². The number of hydrogen-bond acceptors (Lipinski definition) is 2. The van der Waals surface area contributed by atoms with Gasteiger partial charge in [0.25, 0.3) is 0 Å². The number of benzene rings is 1. The summed E-state index contributed by atoms with van der Waals surface area (Å²) in [6, 6.07) is 6.44. The van der Waals surface area contributed by atoms with Gasteiger partial charge in [0.05, 0.1) is 17.1 Å². The summed E-state index contributed by atoms with van der Waals surface area (Å²) < 4.78 is 1.94. The molecule has 1 aliphatic rings. The van der Waals surface area contributed by atoms with Crippen molar-refractivity contribution >= 4 is 11.0 Å². The zero-order valence-electron chi connectivity index (χ0n) is 10.9. The molecule has 1 aromatic heterocycles. The molecule has 1 saturated heterocycles. The number of likely N-dealkylation sites (tertiary alicyclic amines) is 1. The fourth-order valence-corrected chi connectivity index (χ4v) is 2.90. The van der Waals surface area contributed by atoms with Crippen LogP contribution in [0.25, 0.3) is 11.0 Å². The third kappa shape index (κ3) is 1.77. The number of nitrogens with one attached hydrogen (secondary N) is 1. The summed E-state index contributed by atoms with van der Waals surface area (Å²) in [4.78, 5) is 17.5. The normalized spacial score (nSPS) is 20.9. The molecular weight excluding hydrogens is 226 g/mol. The van der Waals surface area contributed by atoms with E-state index in [0.717, 1.165) is 37.1 Å². The maximum Gasteiger partial charge on any atom is 0.326 e. The highest BCUT2D eigenvalue weighted by atomic mass is 16.1. The smallest absolute Gasteiger partial charge is 0.306 e. The summed E-state index contributed by atoms with van der Waals surface area (Å²) in [5, 5.41) is 0. The highest BCUT2D eigenvalue weighted by molar-refractivity contribution is 5.76. The van der Waals surface area contributed by atoms with Crippen LogP contribution in [0.1, 0.15) is 24.9 Å². The van der Waals surface area contributed by atoms with E-state index >= 15 is 0 Å². The van der Waals surface area contributed by atoms with Crippen molar-refractivity contribution in [3.8, 4) is 0 Å². The minimum atomic E-state index is 0.0264. The minimum absolute atomic E-state index is 0.0264. The Morgan fingerprint density at radius 2 is 2.28 bits per heavy atom. The van der Waals surface area contributed by atoms with Gasteiger partial charge in [0.2, 0.25) is 0 Å². The Morgan fingerprint density at radius 3 is 3.00 bits per heavy atom. The number of aromatic nitrogens is 2. The molecule has 0 amide bonds. The third-order valence-corrected chi connectivity index (χ3v) is 3.93. The number of fused-ring (bicyclic) bond motifs is 1. The molecule has 4 nitrogen and oxygen atoms in total. The lowest BCUT2D eigenvalue weighted by molar-refractivity contribution is 0.341. The molecule has 0 spiro atoms. The van der Waals surface area contributed by atoms with E-state index in [9.17, 15) is 4.79 Å².